The Bertz CT molecular complexity index is 875. The molecule has 0 saturated heterocycles. The first kappa shape index (κ1) is 19.9. The van der Waals surface area contributed by atoms with Crippen molar-refractivity contribution < 1.29 is 23.7 Å². The average molecular weight is 392 g/mol. The van der Waals surface area contributed by atoms with Crippen molar-refractivity contribution in [1.29, 1.82) is 5.26 Å². The van der Waals surface area contributed by atoms with Crippen molar-refractivity contribution >= 4 is 29.2 Å². The van der Waals surface area contributed by atoms with E-state index in [2.05, 4.69) is 0 Å². The molecule has 0 aliphatic carbocycles. The van der Waals surface area contributed by atoms with E-state index in [1.807, 2.05) is 6.07 Å². The van der Waals surface area contributed by atoms with Crippen molar-refractivity contribution in [2.24, 2.45) is 0 Å². The van der Waals surface area contributed by atoms with Gasteiger partial charge in [-0.2, -0.15) is 5.26 Å². The van der Waals surface area contributed by atoms with Crippen molar-refractivity contribution in [3.8, 4) is 6.07 Å². The first-order valence-electron chi connectivity index (χ1n) is 7.70. The fourth-order valence-corrected chi connectivity index (χ4v) is 2.40. The highest BCUT2D eigenvalue weighted by Crippen LogP contribution is 2.23. The molecule has 0 saturated carbocycles. The number of halogens is 1. The molecule has 0 spiro atoms. The molecule has 2 aromatic rings. The minimum absolute atomic E-state index is 0.0929. The topological polar surface area (TPSA) is 127 Å². The number of furan rings is 1. The Morgan fingerprint density at radius 3 is 2.74 bits per heavy atom. The predicted molar refractivity (Wildman–Crippen MR) is 92.7 cm³/mol. The maximum absolute atomic E-state index is 12.3. The number of nitrogens with zero attached hydrogens (tertiary/aromatic N) is 3. The van der Waals surface area contributed by atoms with Crippen LogP contribution in [0.5, 0.6) is 0 Å². The van der Waals surface area contributed by atoms with Crippen molar-refractivity contribution in [3.05, 3.63) is 63.1 Å². The number of hydrogen-bond acceptors (Lipinski definition) is 7. The predicted octanol–water partition coefficient (Wildman–Crippen LogP) is 2.94. The molecule has 27 heavy (non-hydrogen) atoms. The van der Waals surface area contributed by atoms with Crippen LogP contribution in [0.15, 0.2) is 41.0 Å². The molecule has 0 radical (unpaired) electrons. The Hall–Kier alpha value is -3.38. The van der Waals surface area contributed by atoms with E-state index in [1.54, 1.807) is 12.1 Å². The summed E-state index contributed by atoms with van der Waals surface area (Å²) in [4.78, 5) is 35.8. The van der Waals surface area contributed by atoms with Crippen LogP contribution in [0.3, 0.4) is 0 Å². The Balaban J connectivity index is 2.00. The second-order valence-electron chi connectivity index (χ2n) is 5.30. The number of ether oxygens (including phenoxy) is 1. The molecular weight excluding hydrogens is 378 g/mol. The van der Waals surface area contributed by atoms with E-state index in [4.69, 9.17) is 26.0 Å². The maximum Gasteiger partial charge on any atom is 0.340 e. The molecule has 0 fully saturated rings. The largest absolute Gasteiger partial charge is 0.467 e. The number of nitro groups is 1. The van der Waals surface area contributed by atoms with Gasteiger partial charge in [0.2, 0.25) is 0 Å². The third-order valence-electron chi connectivity index (χ3n) is 3.48. The van der Waals surface area contributed by atoms with Gasteiger partial charge in [0.1, 0.15) is 5.76 Å². The zero-order chi connectivity index (χ0) is 19.8. The zero-order valence-corrected chi connectivity index (χ0v) is 14.7. The monoisotopic (exact) mass is 391 g/mol. The van der Waals surface area contributed by atoms with Crippen LogP contribution in [-0.2, 0) is 16.1 Å². The number of nitro benzene ring substituents is 1. The Morgan fingerprint density at radius 1 is 1.37 bits per heavy atom. The summed E-state index contributed by atoms with van der Waals surface area (Å²) < 4.78 is 10.1. The molecule has 10 heteroatoms. The van der Waals surface area contributed by atoms with E-state index in [0.29, 0.717) is 5.76 Å². The summed E-state index contributed by atoms with van der Waals surface area (Å²) in [6.07, 6.45) is 1.56. The standard InChI is InChI=1S/C17H14ClN3O6/c18-15-9-12(21(24)25)4-5-14(15)17(23)27-11-16(22)20(7-2-6-19)10-13-3-1-8-26-13/h1,3-5,8-9H,2,7,10-11H2. The van der Waals surface area contributed by atoms with Gasteiger partial charge in [-0.15, -0.1) is 0 Å². The molecule has 140 valence electrons. The molecular formula is C17H14ClN3O6. The maximum atomic E-state index is 12.3. The molecule has 1 aromatic heterocycles. The molecule has 0 N–H and O–H groups in total. The van der Waals surface area contributed by atoms with E-state index < -0.39 is 23.4 Å². The summed E-state index contributed by atoms with van der Waals surface area (Å²) in [5.41, 5.74) is -0.363. The summed E-state index contributed by atoms with van der Waals surface area (Å²) in [5, 5.41) is 19.3. The first-order valence-corrected chi connectivity index (χ1v) is 8.08. The number of hydrogen-bond donors (Lipinski definition) is 0. The van der Waals surface area contributed by atoms with Gasteiger partial charge >= 0.3 is 5.97 Å². The van der Waals surface area contributed by atoms with Crippen LogP contribution in [-0.4, -0.2) is 34.9 Å². The number of non-ortho nitro benzene ring substituents is 1. The number of esters is 1. The summed E-state index contributed by atoms with van der Waals surface area (Å²) in [6.45, 7) is -0.298. The lowest BCUT2D eigenvalue weighted by Crippen LogP contribution is -2.35. The third-order valence-corrected chi connectivity index (χ3v) is 3.80. The van der Waals surface area contributed by atoms with Crippen LogP contribution in [0.1, 0.15) is 22.5 Å². The molecule has 0 bridgehead atoms. The molecule has 0 aliphatic heterocycles. The van der Waals surface area contributed by atoms with Gasteiger partial charge in [-0.25, -0.2) is 4.79 Å². The first-order chi connectivity index (χ1) is 12.9. The van der Waals surface area contributed by atoms with Crippen LogP contribution < -0.4 is 0 Å². The van der Waals surface area contributed by atoms with Gasteiger partial charge in [-0.05, 0) is 18.2 Å². The highest BCUT2D eigenvalue weighted by atomic mass is 35.5. The van der Waals surface area contributed by atoms with Gasteiger partial charge in [0, 0.05) is 18.7 Å². The minimum atomic E-state index is -0.888. The Kier molecular flexibility index (Phi) is 6.91. The van der Waals surface area contributed by atoms with Gasteiger partial charge in [0.05, 0.1) is 40.8 Å². The van der Waals surface area contributed by atoms with Gasteiger partial charge < -0.3 is 14.1 Å². The fraction of sp³-hybridized carbons (Fsp3) is 0.235. The SMILES string of the molecule is N#CCCN(Cc1ccco1)C(=O)COC(=O)c1ccc([N+](=O)[O-])cc1Cl. The molecule has 1 heterocycles. The van der Waals surface area contributed by atoms with Crippen LogP contribution in [0, 0.1) is 21.4 Å². The van der Waals surface area contributed by atoms with Gasteiger partial charge in [-0.1, -0.05) is 11.6 Å². The van der Waals surface area contributed by atoms with E-state index in [1.165, 1.54) is 11.2 Å². The lowest BCUT2D eigenvalue weighted by molar-refractivity contribution is -0.384. The number of benzene rings is 1. The summed E-state index contributed by atoms with van der Waals surface area (Å²) >= 11 is 5.86. The zero-order valence-electron chi connectivity index (χ0n) is 14.0. The van der Waals surface area contributed by atoms with E-state index in [-0.39, 0.29) is 35.8 Å². The van der Waals surface area contributed by atoms with Crippen LogP contribution in [0.2, 0.25) is 5.02 Å². The third kappa shape index (κ3) is 5.55. The summed E-state index contributed by atoms with van der Waals surface area (Å²) in [7, 11) is 0. The summed E-state index contributed by atoms with van der Waals surface area (Å²) in [6, 6.07) is 8.57. The highest BCUT2D eigenvalue weighted by molar-refractivity contribution is 6.33. The molecule has 9 nitrogen and oxygen atoms in total. The van der Waals surface area contributed by atoms with Crippen molar-refractivity contribution in [1.82, 2.24) is 4.90 Å². The van der Waals surface area contributed by atoms with Gasteiger partial charge in [0.15, 0.2) is 6.61 Å². The average Bonchev–Trinajstić information content (AvgIpc) is 3.15. The smallest absolute Gasteiger partial charge is 0.340 e. The number of nitriles is 1. The number of rotatable bonds is 8. The molecule has 0 atom stereocenters. The molecule has 0 unspecified atom stereocenters. The van der Waals surface area contributed by atoms with Crippen molar-refractivity contribution in [3.63, 3.8) is 0 Å². The molecule has 2 rings (SSSR count). The number of amides is 1. The minimum Gasteiger partial charge on any atom is -0.467 e. The van der Waals surface area contributed by atoms with E-state index in [0.717, 1.165) is 18.2 Å². The molecule has 0 aliphatic rings. The lowest BCUT2D eigenvalue weighted by atomic mass is 10.2. The number of carbonyl (C=O) groups excluding carboxylic acids is 2. The molecule has 1 amide bonds. The summed E-state index contributed by atoms with van der Waals surface area (Å²) in [5.74, 6) is -0.888. The van der Waals surface area contributed by atoms with Crippen molar-refractivity contribution in [2.75, 3.05) is 13.2 Å². The quantitative estimate of drug-likeness (QED) is 0.384. The lowest BCUT2D eigenvalue weighted by Gasteiger charge is -2.20. The second kappa shape index (κ2) is 9.35. The van der Waals surface area contributed by atoms with Crippen LogP contribution in [0.25, 0.3) is 0 Å². The van der Waals surface area contributed by atoms with Gasteiger partial charge in [0.25, 0.3) is 11.6 Å². The Labute approximate surface area is 158 Å². The van der Waals surface area contributed by atoms with Crippen LogP contribution in [0.4, 0.5) is 5.69 Å². The Morgan fingerprint density at radius 2 is 2.15 bits per heavy atom. The molecule has 1 aromatic carbocycles. The normalized spacial score (nSPS) is 10.1. The van der Waals surface area contributed by atoms with Crippen molar-refractivity contribution in [2.45, 2.75) is 13.0 Å². The van der Waals surface area contributed by atoms with E-state index in [9.17, 15) is 19.7 Å². The highest BCUT2D eigenvalue weighted by Gasteiger charge is 2.20. The number of carbonyl (C=O) groups is 2. The van der Waals surface area contributed by atoms with Gasteiger partial charge in [-0.3, -0.25) is 14.9 Å². The fourth-order valence-electron chi connectivity index (χ4n) is 2.15. The second-order valence-corrected chi connectivity index (χ2v) is 5.71. The van der Waals surface area contributed by atoms with E-state index >= 15 is 0 Å². The van der Waals surface area contributed by atoms with Crippen LogP contribution >= 0.6 is 11.6 Å².